The van der Waals surface area contributed by atoms with Crippen LogP contribution in [0.4, 0.5) is 4.79 Å². The highest BCUT2D eigenvalue weighted by molar-refractivity contribution is 5.83. The van der Waals surface area contributed by atoms with Gasteiger partial charge in [0, 0.05) is 12.6 Å². The molecule has 2 aliphatic rings. The van der Waals surface area contributed by atoms with Crippen molar-refractivity contribution in [1.29, 1.82) is 0 Å². The lowest BCUT2D eigenvalue weighted by Crippen LogP contribution is -2.54. The number of amides is 2. The number of aliphatic carboxylic acids is 1. The predicted molar refractivity (Wildman–Crippen MR) is 67.2 cm³/mol. The van der Waals surface area contributed by atoms with Crippen molar-refractivity contribution < 1.29 is 14.7 Å². The van der Waals surface area contributed by atoms with E-state index >= 15 is 0 Å². The number of hydrogen-bond donors (Lipinski definition) is 2. The van der Waals surface area contributed by atoms with Crippen LogP contribution in [0, 0.1) is 11.8 Å². The first-order valence-corrected chi connectivity index (χ1v) is 6.79. The molecule has 0 spiro atoms. The number of piperidine rings is 1. The van der Waals surface area contributed by atoms with E-state index in [2.05, 4.69) is 5.32 Å². The van der Waals surface area contributed by atoms with Crippen LogP contribution in [0.3, 0.4) is 0 Å². The molecule has 0 aromatic heterocycles. The van der Waals surface area contributed by atoms with E-state index in [0.29, 0.717) is 24.8 Å². The van der Waals surface area contributed by atoms with E-state index in [1.165, 1.54) is 17.7 Å². The number of hydrogen-bond acceptors (Lipinski definition) is 2. The van der Waals surface area contributed by atoms with Crippen molar-refractivity contribution >= 4 is 12.0 Å². The minimum Gasteiger partial charge on any atom is -0.480 e. The highest BCUT2D eigenvalue weighted by atomic mass is 16.4. The smallest absolute Gasteiger partial charge is 0.326 e. The molecule has 1 aliphatic heterocycles. The Bertz CT molecular complexity index is 341. The summed E-state index contributed by atoms with van der Waals surface area (Å²) >= 11 is 0. The number of urea groups is 1. The Morgan fingerprint density at radius 3 is 2.56 bits per heavy atom. The van der Waals surface area contributed by atoms with Crippen LogP contribution in [0.5, 0.6) is 0 Å². The molecule has 1 aliphatic carbocycles. The Balaban J connectivity index is 1.95. The van der Waals surface area contributed by atoms with Gasteiger partial charge in [-0.25, -0.2) is 9.59 Å². The quantitative estimate of drug-likeness (QED) is 0.805. The van der Waals surface area contributed by atoms with E-state index in [4.69, 9.17) is 0 Å². The maximum absolute atomic E-state index is 12.1. The van der Waals surface area contributed by atoms with Crippen LogP contribution >= 0.6 is 0 Å². The third-order valence-electron chi connectivity index (χ3n) is 4.09. The second-order valence-electron chi connectivity index (χ2n) is 5.75. The molecule has 1 saturated carbocycles. The lowest BCUT2D eigenvalue weighted by molar-refractivity contribution is -0.143. The molecule has 0 aromatic carbocycles. The topological polar surface area (TPSA) is 69.6 Å². The van der Waals surface area contributed by atoms with E-state index in [9.17, 15) is 14.7 Å². The van der Waals surface area contributed by atoms with Crippen LogP contribution in [-0.4, -0.2) is 40.6 Å². The monoisotopic (exact) mass is 254 g/mol. The Hall–Kier alpha value is -1.26. The van der Waals surface area contributed by atoms with Gasteiger partial charge in [0.25, 0.3) is 0 Å². The maximum Gasteiger partial charge on any atom is 0.326 e. The fourth-order valence-electron chi connectivity index (χ4n) is 2.61. The fraction of sp³-hybridized carbons (Fsp3) is 0.846. The van der Waals surface area contributed by atoms with Crippen molar-refractivity contribution in [3.05, 3.63) is 0 Å². The first-order valence-electron chi connectivity index (χ1n) is 6.79. The number of nitrogens with zero attached hydrogens (tertiary/aromatic N) is 1. The van der Waals surface area contributed by atoms with Crippen molar-refractivity contribution in [3.63, 3.8) is 0 Å². The van der Waals surface area contributed by atoms with Crippen molar-refractivity contribution in [3.8, 4) is 0 Å². The third kappa shape index (κ3) is 2.94. The van der Waals surface area contributed by atoms with Crippen LogP contribution in [0.15, 0.2) is 0 Å². The lowest BCUT2D eigenvalue weighted by atomic mass is 9.93. The van der Waals surface area contributed by atoms with Crippen LogP contribution < -0.4 is 5.32 Å². The molecule has 2 amide bonds. The summed E-state index contributed by atoms with van der Waals surface area (Å²) in [6, 6.07) is -0.722. The molecule has 2 rings (SSSR count). The summed E-state index contributed by atoms with van der Waals surface area (Å²) in [5.74, 6) is 0.0627. The molecular formula is C13H22N2O3. The zero-order chi connectivity index (χ0) is 13.3. The van der Waals surface area contributed by atoms with E-state index in [0.717, 1.165) is 6.42 Å². The van der Waals surface area contributed by atoms with Crippen LogP contribution in [0.25, 0.3) is 0 Å². The summed E-state index contributed by atoms with van der Waals surface area (Å²) in [7, 11) is 0. The largest absolute Gasteiger partial charge is 0.480 e. The highest BCUT2D eigenvalue weighted by Gasteiger charge is 2.36. The summed E-state index contributed by atoms with van der Waals surface area (Å²) < 4.78 is 0. The second-order valence-corrected chi connectivity index (χ2v) is 5.75. The Kier molecular flexibility index (Phi) is 3.78. The van der Waals surface area contributed by atoms with Crippen molar-refractivity contribution in [2.75, 3.05) is 6.54 Å². The lowest BCUT2D eigenvalue weighted by Gasteiger charge is -2.36. The molecule has 3 atom stereocenters. The zero-order valence-electron chi connectivity index (χ0n) is 11.1. The maximum atomic E-state index is 12.1. The van der Waals surface area contributed by atoms with E-state index in [1.807, 2.05) is 13.8 Å². The first-order chi connectivity index (χ1) is 8.49. The number of carbonyl (C=O) groups excluding carboxylic acids is 1. The summed E-state index contributed by atoms with van der Waals surface area (Å²) in [5, 5.41) is 12.1. The molecule has 3 unspecified atom stereocenters. The van der Waals surface area contributed by atoms with Gasteiger partial charge in [-0.1, -0.05) is 6.92 Å². The van der Waals surface area contributed by atoms with Gasteiger partial charge in [-0.2, -0.15) is 0 Å². The second kappa shape index (κ2) is 5.16. The van der Waals surface area contributed by atoms with Gasteiger partial charge in [0.15, 0.2) is 0 Å². The SMILES string of the molecule is CC1CCN(C(=O)NC(C)C2CC2)C(C(=O)O)C1. The van der Waals surface area contributed by atoms with Crippen LogP contribution in [-0.2, 0) is 4.79 Å². The molecule has 5 heteroatoms. The summed E-state index contributed by atoms with van der Waals surface area (Å²) in [5.41, 5.74) is 0. The van der Waals surface area contributed by atoms with Gasteiger partial charge in [0.05, 0.1) is 0 Å². The minimum absolute atomic E-state index is 0.159. The average Bonchev–Trinajstić information content (AvgIpc) is 3.12. The molecule has 102 valence electrons. The van der Waals surface area contributed by atoms with Gasteiger partial charge >= 0.3 is 12.0 Å². The zero-order valence-corrected chi connectivity index (χ0v) is 11.1. The van der Waals surface area contributed by atoms with Crippen molar-refractivity contribution in [2.24, 2.45) is 11.8 Å². The Morgan fingerprint density at radius 2 is 2.00 bits per heavy atom. The van der Waals surface area contributed by atoms with E-state index < -0.39 is 12.0 Å². The molecular weight excluding hydrogens is 232 g/mol. The summed E-state index contributed by atoms with van der Waals surface area (Å²) in [6.07, 6.45) is 3.78. The number of carbonyl (C=O) groups is 2. The number of likely N-dealkylation sites (tertiary alicyclic amines) is 1. The van der Waals surface area contributed by atoms with Crippen LogP contribution in [0.2, 0.25) is 0 Å². The van der Waals surface area contributed by atoms with Gasteiger partial charge in [0.1, 0.15) is 6.04 Å². The predicted octanol–water partition coefficient (Wildman–Crippen LogP) is 1.68. The molecule has 0 radical (unpaired) electrons. The molecule has 5 nitrogen and oxygen atoms in total. The minimum atomic E-state index is -0.893. The molecule has 0 bridgehead atoms. The number of carboxylic acid groups (broad SMARTS) is 1. The molecule has 1 saturated heterocycles. The highest BCUT2D eigenvalue weighted by Crippen LogP contribution is 2.32. The molecule has 2 fully saturated rings. The van der Waals surface area contributed by atoms with Gasteiger partial charge in [-0.15, -0.1) is 0 Å². The average molecular weight is 254 g/mol. The van der Waals surface area contributed by atoms with Gasteiger partial charge in [-0.05, 0) is 44.4 Å². The fourth-order valence-corrected chi connectivity index (χ4v) is 2.61. The molecule has 0 aromatic rings. The van der Waals surface area contributed by atoms with Gasteiger partial charge in [0.2, 0.25) is 0 Å². The van der Waals surface area contributed by atoms with Crippen molar-refractivity contribution in [1.82, 2.24) is 10.2 Å². The Morgan fingerprint density at radius 1 is 1.33 bits per heavy atom. The summed E-state index contributed by atoms with van der Waals surface area (Å²) in [4.78, 5) is 24.8. The number of nitrogens with one attached hydrogen (secondary N) is 1. The molecule has 18 heavy (non-hydrogen) atoms. The Labute approximate surface area is 108 Å². The first kappa shape index (κ1) is 13.2. The van der Waals surface area contributed by atoms with Crippen molar-refractivity contribution in [2.45, 2.75) is 51.6 Å². The van der Waals surface area contributed by atoms with Gasteiger partial charge < -0.3 is 15.3 Å². The van der Waals surface area contributed by atoms with Gasteiger partial charge in [-0.3, -0.25) is 0 Å². The van der Waals surface area contributed by atoms with E-state index in [1.54, 1.807) is 0 Å². The third-order valence-corrected chi connectivity index (χ3v) is 4.09. The molecule has 1 heterocycles. The summed E-state index contributed by atoms with van der Waals surface area (Å²) in [6.45, 7) is 4.58. The van der Waals surface area contributed by atoms with E-state index in [-0.39, 0.29) is 12.1 Å². The number of rotatable bonds is 3. The number of carboxylic acids is 1. The normalized spacial score (nSPS) is 29.8. The molecule has 2 N–H and O–H groups in total. The van der Waals surface area contributed by atoms with Crippen LogP contribution in [0.1, 0.15) is 39.5 Å². The standard InChI is InChI=1S/C13H22N2O3/c1-8-5-6-15(11(7-8)12(16)17)13(18)14-9(2)10-3-4-10/h8-11H,3-7H2,1-2H3,(H,14,18)(H,16,17).